The molecule has 0 saturated carbocycles. The Balaban J connectivity index is 2.81. The van der Waals surface area contributed by atoms with Crippen LogP contribution in [0.2, 0.25) is 0 Å². The second-order valence-electron chi connectivity index (χ2n) is 2.57. The number of hydrogen-bond acceptors (Lipinski definition) is 5. The predicted molar refractivity (Wildman–Crippen MR) is 46.8 cm³/mol. The van der Waals surface area contributed by atoms with Crippen LogP contribution in [0.25, 0.3) is 11.0 Å². The highest BCUT2D eigenvalue weighted by Gasteiger charge is 2.16. The number of ether oxygens (including phenoxy) is 1. The molecular formula is C7H7N5O2. The summed E-state index contributed by atoms with van der Waals surface area (Å²) in [5.74, 6) is -0.222. The van der Waals surface area contributed by atoms with E-state index in [1.165, 1.54) is 13.3 Å². The molecule has 72 valence electrons. The number of nitrogens with one attached hydrogen (secondary N) is 1. The zero-order valence-corrected chi connectivity index (χ0v) is 7.31. The number of fused-ring (bicyclic) bond motifs is 1. The largest absolute Gasteiger partial charge is 0.494 e. The molecule has 0 radical (unpaired) electrons. The normalized spacial score (nSPS) is 10.4. The first-order valence-electron chi connectivity index (χ1n) is 3.77. The maximum absolute atomic E-state index is 11.0. The minimum Gasteiger partial charge on any atom is -0.494 e. The van der Waals surface area contributed by atoms with Crippen molar-refractivity contribution < 1.29 is 9.53 Å². The van der Waals surface area contributed by atoms with Gasteiger partial charge in [-0.15, -0.1) is 5.10 Å². The Morgan fingerprint density at radius 3 is 3.07 bits per heavy atom. The number of aromatic nitrogens is 4. The highest BCUT2D eigenvalue weighted by molar-refractivity contribution is 6.05. The van der Waals surface area contributed by atoms with E-state index < -0.39 is 5.91 Å². The van der Waals surface area contributed by atoms with Crippen molar-refractivity contribution >= 4 is 16.9 Å². The van der Waals surface area contributed by atoms with Gasteiger partial charge < -0.3 is 10.5 Å². The van der Waals surface area contributed by atoms with E-state index in [1.807, 2.05) is 0 Å². The third-order valence-electron chi connectivity index (χ3n) is 1.78. The lowest BCUT2D eigenvalue weighted by atomic mass is 10.2. The van der Waals surface area contributed by atoms with Crippen LogP contribution in [0.3, 0.4) is 0 Å². The molecule has 2 heterocycles. The molecule has 0 unspecified atom stereocenters. The van der Waals surface area contributed by atoms with Crippen LogP contribution in [-0.2, 0) is 0 Å². The zero-order chi connectivity index (χ0) is 10.1. The topological polar surface area (TPSA) is 107 Å². The van der Waals surface area contributed by atoms with Crippen LogP contribution in [0.4, 0.5) is 0 Å². The lowest BCUT2D eigenvalue weighted by Gasteiger charge is -1.99. The second kappa shape index (κ2) is 2.95. The number of amides is 1. The molecule has 14 heavy (non-hydrogen) atoms. The molecule has 0 fully saturated rings. The molecule has 0 saturated heterocycles. The molecule has 0 aromatic carbocycles. The quantitative estimate of drug-likeness (QED) is 0.666. The van der Waals surface area contributed by atoms with Crippen LogP contribution in [0.1, 0.15) is 10.5 Å². The van der Waals surface area contributed by atoms with E-state index in [0.29, 0.717) is 16.8 Å². The Bertz CT molecular complexity index is 492. The van der Waals surface area contributed by atoms with E-state index in [0.717, 1.165) is 0 Å². The van der Waals surface area contributed by atoms with Crippen LogP contribution in [0.5, 0.6) is 5.75 Å². The van der Waals surface area contributed by atoms with E-state index in [4.69, 9.17) is 10.5 Å². The fraction of sp³-hybridized carbons (Fsp3) is 0.143. The molecule has 0 aliphatic heterocycles. The van der Waals surface area contributed by atoms with Crippen LogP contribution >= 0.6 is 0 Å². The van der Waals surface area contributed by atoms with Crippen LogP contribution in [0.15, 0.2) is 6.20 Å². The van der Waals surface area contributed by atoms with Crippen molar-refractivity contribution in [2.75, 3.05) is 7.11 Å². The number of nitrogens with zero attached hydrogens (tertiary/aromatic N) is 3. The lowest BCUT2D eigenvalue weighted by Crippen LogP contribution is -2.12. The van der Waals surface area contributed by atoms with Gasteiger partial charge in [-0.3, -0.25) is 9.89 Å². The van der Waals surface area contributed by atoms with Gasteiger partial charge in [-0.05, 0) is 0 Å². The molecule has 2 aromatic rings. The van der Waals surface area contributed by atoms with E-state index in [-0.39, 0.29) is 5.69 Å². The molecule has 3 N–H and O–H groups in total. The summed E-state index contributed by atoms with van der Waals surface area (Å²) < 4.78 is 5.01. The molecule has 0 aliphatic carbocycles. The Morgan fingerprint density at radius 1 is 1.64 bits per heavy atom. The molecule has 7 nitrogen and oxygen atoms in total. The Morgan fingerprint density at radius 2 is 2.43 bits per heavy atom. The van der Waals surface area contributed by atoms with Crippen LogP contribution in [-0.4, -0.2) is 33.4 Å². The van der Waals surface area contributed by atoms with Gasteiger partial charge in [-0.2, -0.15) is 10.2 Å². The van der Waals surface area contributed by atoms with Crippen molar-refractivity contribution in [2.24, 2.45) is 5.73 Å². The van der Waals surface area contributed by atoms with Crippen LogP contribution < -0.4 is 10.5 Å². The number of rotatable bonds is 2. The minimum absolute atomic E-state index is 0.103. The summed E-state index contributed by atoms with van der Waals surface area (Å²) in [4.78, 5) is 11.0. The molecule has 2 rings (SSSR count). The van der Waals surface area contributed by atoms with Crippen molar-refractivity contribution in [1.29, 1.82) is 0 Å². The van der Waals surface area contributed by atoms with E-state index >= 15 is 0 Å². The maximum Gasteiger partial charge on any atom is 0.270 e. The molecule has 2 aromatic heterocycles. The van der Waals surface area contributed by atoms with Gasteiger partial charge in [0.05, 0.1) is 18.7 Å². The summed E-state index contributed by atoms with van der Waals surface area (Å²) in [6.45, 7) is 0. The van der Waals surface area contributed by atoms with Gasteiger partial charge in [0.2, 0.25) is 0 Å². The summed E-state index contributed by atoms with van der Waals surface area (Å²) in [6, 6.07) is 0. The summed E-state index contributed by atoms with van der Waals surface area (Å²) in [5, 5.41) is 14.1. The number of primary amides is 1. The SMILES string of the molecule is COc1cnnc2[nH]nc(C(N)=O)c12. The lowest BCUT2D eigenvalue weighted by molar-refractivity contribution is 0.0997. The van der Waals surface area contributed by atoms with Gasteiger partial charge in [0, 0.05) is 0 Å². The average molecular weight is 193 g/mol. The fourth-order valence-electron chi connectivity index (χ4n) is 1.18. The highest BCUT2D eigenvalue weighted by atomic mass is 16.5. The second-order valence-corrected chi connectivity index (χ2v) is 2.57. The number of carbonyl (C=O) groups excluding carboxylic acids is 1. The zero-order valence-electron chi connectivity index (χ0n) is 7.31. The molecule has 0 spiro atoms. The first-order chi connectivity index (χ1) is 6.74. The summed E-state index contributed by atoms with van der Waals surface area (Å²) in [7, 11) is 1.47. The molecule has 1 amide bonds. The average Bonchev–Trinajstić information content (AvgIpc) is 2.60. The fourth-order valence-corrected chi connectivity index (χ4v) is 1.18. The number of aromatic amines is 1. The van der Waals surface area contributed by atoms with Crippen LogP contribution in [0, 0.1) is 0 Å². The third kappa shape index (κ3) is 1.06. The van der Waals surface area contributed by atoms with Gasteiger partial charge in [0.15, 0.2) is 17.1 Å². The predicted octanol–water partition coefficient (Wildman–Crippen LogP) is -0.540. The molecule has 7 heteroatoms. The van der Waals surface area contributed by atoms with Crippen molar-refractivity contribution in [3.8, 4) is 5.75 Å². The number of nitrogens with two attached hydrogens (primary N) is 1. The Kier molecular flexibility index (Phi) is 1.77. The molecular weight excluding hydrogens is 186 g/mol. The smallest absolute Gasteiger partial charge is 0.270 e. The maximum atomic E-state index is 11.0. The number of methoxy groups -OCH3 is 1. The number of H-pyrrole nitrogens is 1. The summed E-state index contributed by atoms with van der Waals surface area (Å²) >= 11 is 0. The number of carbonyl (C=O) groups is 1. The van der Waals surface area contributed by atoms with Crippen molar-refractivity contribution in [1.82, 2.24) is 20.4 Å². The van der Waals surface area contributed by atoms with Gasteiger partial charge in [-0.1, -0.05) is 0 Å². The Hall–Kier alpha value is -2.18. The standard InChI is InChI=1S/C7H7N5O2/c1-14-3-2-9-11-7-4(3)5(6(8)13)10-12-7/h2H,1H3,(H2,8,13)(H,10,11,12). The van der Waals surface area contributed by atoms with Crippen molar-refractivity contribution in [3.63, 3.8) is 0 Å². The molecule has 0 atom stereocenters. The minimum atomic E-state index is -0.637. The molecule has 0 bridgehead atoms. The monoisotopic (exact) mass is 193 g/mol. The number of hydrogen-bond donors (Lipinski definition) is 2. The highest BCUT2D eigenvalue weighted by Crippen LogP contribution is 2.23. The van der Waals surface area contributed by atoms with Gasteiger partial charge in [-0.25, -0.2) is 0 Å². The van der Waals surface area contributed by atoms with Gasteiger partial charge >= 0.3 is 0 Å². The van der Waals surface area contributed by atoms with Gasteiger partial charge in [0.1, 0.15) is 0 Å². The van der Waals surface area contributed by atoms with Crippen molar-refractivity contribution in [3.05, 3.63) is 11.9 Å². The summed E-state index contributed by atoms with van der Waals surface area (Å²) in [5.41, 5.74) is 5.60. The summed E-state index contributed by atoms with van der Waals surface area (Å²) in [6.07, 6.45) is 1.39. The van der Waals surface area contributed by atoms with Gasteiger partial charge in [0.25, 0.3) is 5.91 Å². The third-order valence-corrected chi connectivity index (χ3v) is 1.78. The Labute approximate surface area is 78.3 Å². The first-order valence-corrected chi connectivity index (χ1v) is 3.77. The van der Waals surface area contributed by atoms with Crippen molar-refractivity contribution in [2.45, 2.75) is 0 Å². The first kappa shape index (κ1) is 8.42. The molecule has 0 aliphatic rings. The van der Waals surface area contributed by atoms with E-state index in [1.54, 1.807) is 0 Å². The van der Waals surface area contributed by atoms with E-state index in [9.17, 15) is 4.79 Å². The van der Waals surface area contributed by atoms with E-state index in [2.05, 4.69) is 20.4 Å².